The third kappa shape index (κ3) is 27.4. The zero-order valence-electron chi connectivity index (χ0n) is 24.4. The molecule has 2 unspecified atom stereocenters. The van der Waals surface area contributed by atoms with Gasteiger partial charge < -0.3 is 30.2 Å². The van der Waals surface area contributed by atoms with Gasteiger partial charge >= 0.3 is 11.9 Å². The second-order valence-corrected chi connectivity index (χ2v) is 9.37. The molecule has 0 aliphatic heterocycles. The summed E-state index contributed by atoms with van der Waals surface area (Å²) in [5, 5.41) is 32.5. The largest absolute Gasteiger partial charge is 0.479 e. The maximum absolute atomic E-state index is 9.77. The van der Waals surface area contributed by atoms with Gasteiger partial charge in [-0.15, -0.1) is 0 Å². The maximum Gasteiger partial charge on any atom is 0.335 e. The van der Waals surface area contributed by atoms with Crippen LogP contribution in [-0.2, 0) is 9.59 Å². The Bertz CT molecular complexity index is 399. The molecule has 8 heteroatoms. The van der Waals surface area contributed by atoms with Crippen molar-refractivity contribution in [2.75, 3.05) is 39.3 Å². The van der Waals surface area contributed by atoms with Crippen LogP contribution in [0.3, 0.4) is 0 Å². The Morgan fingerprint density at radius 3 is 0.750 bits per heavy atom. The van der Waals surface area contributed by atoms with E-state index in [1.807, 2.05) is 0 Å². The fraction of sp³-hybridized carbons (Fsp3) is 0.929. The highest BCUT2D eigenvalue weighted by Crippen LogP contribution is 2.02. The number of hydrogen-bond donors (Lipinski definition) is 4. The van der Waals surface area contributed by atoms with Gasteiger partial charge in [0.2, 0.25) is 0 Å². The van der Waals surface area contributed by atoms with Gasteiger partial charge in [0.1, 0.15) is 0 Å². The quantitative estimate of drug-likeness (QED) is 0.162. The molecule has 0 saturated carbocycles. The van der Waals surface area contributed by atoms with Gasteiger partial charge in [-0.3, -0.25) is 0 Å². The van der Waals surface area contributed by atoms with Crippen LogP contribution in [0.1, 0.15) is 119 Å². The Hall–Kier alpha value is -1.22. The standard InChI is InChI=1S/2C12H27N.C4H6O6/c2*1-4-7-10-13(11-8-5-2)12-9-6-3;5-1(3(7)8)2(6)4(9)10/h2*4-12H2,1-3H3;1-2,5-6H,(H,7,8)(H,9,10). The molecule has 0 bridgehead atoms. The molecule has 0 rings (SSSR count). The van der Waals surface area contributed by atoms with Gasteiger partial charge in [0.25, 0.3) is 0 Å². The highest BCUT2D eigenvalue weighted by atomic mass is 16.4. The number of carbonyl (C=O) groups is 2. The molecule has 0 fully saturated rings. The molecule has 0 heterocycles. The van der Waals surface area contributed by atoms with Crippen LogP contribution in [0.15, 0.2) is 0 Å². The first-order chi connectivity index (χ1) is 17.2. The van der Waals surface area contributed by atoms with Gasteiger partial charge in [-0.25, -0.2) is 9.59 Å². The Kier molecular flexibility index (Phi) is 32.8. The lowest BCUT2D eigenvalue weighted by atomic mass is 10.2. The van der Waals surface area contributed by atoms with Crippen LogP contribution in [0, 0.1) is 0 Å². The highest BCUT2D eigenvalue weighted by molar-refractivity contribution is 5.83. The van der Waals surface area contributed by atoms with Crippen LogP contribution in [0.25, 0.3) is 0 Å². The van der Waals surface area contributed by atoms with Crippen LogP contribution >= 0.6 is 0 Å². The molecule has 0 aliphatic rings. The van der Waals surface area contributed by atoms with E-state index in [2.05, 4.69) is 51.3 Å². The minimum atomic E-state index is -2.27. The van der Waals surface area contributed by atoms with Crippen molar-refractivity contribution in [1.29, 1.82) is 0 Å². The van der Waals surface area contributed by atoms with Crippen molar-refractivity contribution < 1.29 is 30.0 Å². The lowest BCUT2D eigenvalue weighted by Gasteiger charge is -2.21. The number of unbranched alkanes of at least 4 members (excludes halogenated alkanes) is 6. The molecule has 0 saturated heterocycles. The lowest BCUT2D eigenvalue weighted by molar-refractivity contribution is -0.165. The summed E-state index contributed by atoms with van der Waals surface area (Å²) < 4.78 is 0. The van der Waals surface area contributed by atoms with Crippen molar-refractivity contribution in [3.63, 3.8) is 0 Å². The summed E-state index contributed by atoms with van der Waals surface area (Å²) in [7, 11) is 0. The highest BCUT2D eigenvalue weighted by Gasteiger charge is 2.29. The number of carboxylic acid groups (broad SMARTS) is 2. The molecule has 8 nitrogen and oxygen atoms in total. The number of rotatable bonds is 21. The minimum absolute atomic E-state index is 1.32. The molecule has 0 aromatic carbocycles. The SMILES string of the molecule is CCCCN(CCCC)CCCC.CCCCN(CCCC)CCCC.O=C(O)C(O)C(O)C(=O)O. The number of aliphatic carboxylic acids is 2. The van der Waals surface area contributed by atoms with Crippen LogP contribution in [-0.4, -0.2) is 93.6 Å². The summed E-state index contributed by atoms with van der Waals surface area (Å²) in [6.07, 6.45) is 11.6. The van der Waals surface area contributed by atoms with Gasteiger partial charge in [0.05, 0.1) is 0 Å². The number of aliphatic hydroxyl groups is 2. The van der Waals surface area contributed by atoms with E-state index in [0.717, 1.165) is 0 Å². The molecular formula is C28H60N2O6. The van der Waals surface area contributed by atoms with Gasteiger partial charge in [-0.1, -0.05) is 80.1 Å². The third-order valence-corrected chi connectivity index (χ3v) is 5.77. The molecule has 0 amide bonds. The summed E-state index contributed by atoms with van der Waals surface area (Å²) in [5.41, 5.74) is 0. The smallest absolute Gasteiger partial charge is 0.335 e. The Balaban J connectivity index is -0.000000459. The van der Waals surface area contributed by atoms with E-state index >= 15 is 0 Å². The monoisotopic (exact) mass is 520 g/mol. The number of nitrogens with zero attached hydrogens (tertiary/aromatic N) is 2. The molecule has 0 aliphatic carbocycles. The van der Waals surface area contributed by atoms with Crippen molar-refractivity contribution in [2.45, 2.75) is 131 Å². The zero-order valence-corrected chi connectivity index (χ0v) is 24.4. The molecule has 2 atom stereocenters. The molecule has 0 spiro atoms. The first-order valence-electron chi connectivity index (χ1n) is 14.4. The van der Waals surface area contributed by atoms with E-state index in [4.69, 9.17) is 20.4 Å². The normalized spacial score (nSPS) is 12.4. The first-order valence-corrected chi connectivity index (χ1v) is 14.4. The van der Waals surface area contributed by atoms with Crippen molar-refractivity contribution in [3.8, 4) is 0 Å². The van der Waals surface area contributed by atoms with Crippen LogP contribution in [0.5, 0.6) is 0 Å². The fourth-order valence-electron chi connectivity index (χ4n) is 3.23. The predicted molar refractivity (Wildman–Crippen MR) is 150 cm³/mol. The number of aliphatic hydroxyl groups excluding tert-OH is 2. The van der Waals surface area contributed by atoms with Crippen molar-refractivity contribution in [3.05, 3.63) is 0 Å². The molecule has 4 N–H and O–H groups in total. The number of hydrogen-bond acceptors (Lipinski definition) is 6. The second kappa shape index (κ2) is 30.0. The Morgan fingerprint density at radius 1 is 0.472 bits per heavy atom. The minimum Gasteiger partial charge on any atom is -0.479 e. The van der Waals surface area contributed by atoms with E-state index in [9.17, 15) is 9.59 Å². The van der Waals surface area contributed by atoms with Gasteiger partial charge in [-0.05, 0) is 77.8 Å². The van der Waals surface area contributed by atoms with Crippen molar-refractivity contribution in [2.24, 2.45) is 0 Å². The topological polar surface area (TPSA) is 122 Å². The van der Waals surface area contributed by atoms with E-state index in [1.165, 1.54) is 116 Å². The van der Waals surface area contributed by atoms with Gasteiger partial charge in [-0.2, -0.15) is 0 Å². The maximum atomic E-state index is 9.77. The average Bonchev–Trinajstić information content (AvgIpc) is 2.87. The molecular weight excluding hydrogens is 460 g/mol. The number of carboxylic acids is 2. The molecule has 36 heavy (non-hydrogen) atoms. The van der Waals surface area contributed by atoms with Crippen LogP contribution in [0.4, 0.5) is 0 Å². The van der Waals surface area contributed by atoms with Crippen LogP contribution in [0.2, 0.25) is 0 Å². The molecule has 218 valence electrons. The van der Waals surface area contributed by atoms with E-state index in [-0.39, 0.29) is 0 Å². The lowest BCUT2D eigenvalue weighted by Crippen LogP contribution is -2.39. The van der Waals surface area contributed by atoms with E-state index in [1.54, 1.807) is 0 Å². The predicted octanol–water partition coefficient (Wildman–Crippen LogP) is 5.25. The summed E-state index contributed by atoms with van der Waals surface area (Å²) in [6.45, 7) is 21.5. The van der Waals surface area contributed by atoms with Crippen molar-refractivity contribution >= 4 is 11.9 Å². The van der Waals surface area contributed by atoms with Gasteiger partial charge in [0.15, 0.2) is 12.2 Å². The summed E-state index contributed by atoms with van der Waals surface area (Å²) in [4.78, 5) is 24.8. The second-order valence-electron chi connectivity index (χ2n) is 9.37. The summed E-state index contributed by atoms with van der Waals surface area (Å²) >= 11 is 0. The Morgan fingerprint density at radius 2 is 0.639 bits per heavy atom. The summed E-state index contributed by atoms with van der Waals surface area (Å²) in [6, 6.07) is 0. The van der Waals surface area contributed by atoms with Gasteiger partial charge in [0, 0.05) is 0 Å². The third-order valence-electron chi connectivity index (χ3n) is 5.77. The van der Waals surface area contributed by atoms with E-state index < -0.39 is 24.1 Å². The average molecular weight is 521 g/mol. The molecule has 0 aromatic rings. The summed E-state index contributed by atoms with van der Waals surface area (Å²) in [5.74, 6) is -3.54. The zero-order chi connectivity index (χ0) is 28.2. The first kappa shape index (κ1) is 39.3. The van der Waals surface area contributed by atoms with Crippen molar-refractivity contribution in [1.82, 2.24) is 9.80 Å². The molecule has 0 radical (unpaired) electrons. The van der Waals surface area contributed by atoms with E-state index in [0.29, 0.717) is 0 Å². The Labute approximate surface area is 222 Å². The molecule has 0 aromatic heterocycles. The van der Waals surface area contributed by atoms with Crippen LogP contribution < -0.4 is 0 Å². The fourth-order valence-corrected chi connectivity index (χ4v) is 3.23.